The summed E-state index contributed by atoms with van der Waals surface area (Å²) in [5.41, 5.74) is 0.685. The number of carbonyl (C=O) groups excluding carboxylic acids is 1. The van der Waals surface area contributed by atoms with Crippen molar-refractivity contribution in [1.82, 2.24) is 4.57 Å². The fraction of sp³-hybridized carbons (Fsp3) is 0.182. The van der Waals surface area contributed by atoms with Crippen LogP contribution in [0.3, 0.4) is 0 Å². The first-order valence-corrected chi connectivity index (χ1v) is 7.32. The Kier molecular flexibility index (Phi) is 3.08. The molecule has 0 saturated carbocycles. The molecule has 96 valence electrons. The van der Waals surface area contributed by atoms with Gasteiger partial charge in [0.2, 0.25) is 0 Å². The first-order valence-electron chi connectivity index (χ1n) is 5.01. The summed E-state index contributed by atoms with van der Waals surface area (Å²) in [7, 11) is 3.22. The van der Waals surface area contributed by atoms with E-state index >= 15 is 0 Å². The highest BCUT2D eigenvalue weighted by Crippen LogP contribution is 2.30. The third-order valence-electron chi connectivity index (χ3n) is 2.45. The van der Waals surface area contributed by atoms with Crippen LogP contribution in [0.25, 0.3) is 10.9 Å². The molecule has 0 aliphatic carbocycles. The second-order valence-corrected chi connectivity index (χ2v) is 6.35. The molecule has 0 aliphatic heterocycles. The smallest absolute Gasteiger partial charge is 0.308 e. The number of esters is 1. The number of hydrogen-bond donors (Lipinski definition) is 0. The van der Waals surface area contributed by atoms with Crippen LogP contribution in [0.1, 0.15) is 6.92 Å². The first kappa shape index (κ1) is 12.9. The summed E-state index contributed by atoms with van der Waals surface area (Å²) in [6.45, 7) is 1.27. The van der Waals surface area contributed by atoms with Crippen LogP contribution in [0.2, 0.25) is 0 Å². The molecule has 5 nitrogen and oxygen atoms in total. The molecule has 0 spiro atoms. The minimum absolute atomic E-state index is 0.00401. The van der Waals surface area contributed by atoms with Crippen LogP contribution in [0.5, 0.6) is 5.75 Å². The lowest BCUT2D eigenvalue weighted by molar-refractivity contribution is -0.131. The Morgan fingerprint density at radius 3 is 2.61 bits per heavy atom. The van der Waals surface area contributed by atoms with Gasteiger partial charge in [-0.1, -0.05) is 0 Å². The standard InChI is InChI=1S/C11H10ClNO4S/c1-7(14)17-8-3-4-10-9(5-8)11(6-13(10)2)18(12,15)16/h3-6H,1-2H3. The van der Waals surface area contributed by atoms with Gasteiger partial charge in [0.05, 0.1) is 0 Å². The monoisotopic (exact) mass is 287 g/mol. The predicted octanol–water partition coefficient (Wildman–Crippen LogP) is 2.03. The Morgan fingerprint density at radius 1 is 1.39 bits per heavy atom. The second-order valence-electron chi connectivity index (χ2n) is 3.81. The number of fused-ring (bicyclic) bond motifs is 1. The van der Waals surface area contributed by atoms with Gasteiger partial charge in [-0.3, -0.25) is 4.79 Å². The molecule has 0 amide bonds. The van der Waals surface area contributed by atoms with Gasteiger partial charge in [0.15, 0.2) is 0 Å². The molecule has 0 aliphatic rings. The van der Waals surface area contributed by atoms with Gasteiger partial charge in [-0.15, -0.1) is 0 Å². The normalized spacial score (nSPS) is 11.7. The van der Waals surface area contributed by atoms with Crippen LogP contribution in [0.15, 0.2) is 29.3 Å². The van der Waals surface area contributed by atoms with Crippen molar-refractivity contribution in [2.75, 3.05) is 0 Å². The van der Waals surface area contributed by atoms with Crippen molar-refractivity contribution in [2.24, 2.45) is 7.05 Å². The highest BCUT2D eigenvalue weighted by atomic mass is 35.7. The molecule has 0 bridgehead atoms. The molecule has 0 radical (unpaired) electrons. The Morgan fingerprint density at radius 2 is 2.06 bits per heavy atom. The minimum atomic E-state index is -3.84. The van der Waals surface area contributed by atoms with E-state index in [9.17, 15) is 13.2 Å². The minimum Gasteiger partial charge on any atom is -0.427 e. The lowest BCUT2D eigenvalue weighted by atomic mass is 10.2. The molecular formula is C11H10ClNO4S. The molecule has 18 heavy (non-hydrogen) atoms. The number of hydrogen-bond acceptors (Lipinski definition) is 4. The first-order chi connectivity index (χ1) is 8.29. The summed E-state index contributed by atoms with van der Waals surface area (Å²) in [5.74, 6) is -0.191. The molecule has 0 saturated heterocycles. The summed E-state index contributed by atoms with van der Waals surface area (Å²) < 4.78 is 29.4. The number of rotatable bonds is 2. The molecule has 1 aromatic heterocycles. The molecule has 7 heteroatoms. The lowest BCUT2D eigenvalue weighted by Gasteiger charge is -2.02. The molecule has 0 unspecified atom stereocenters. The van der Waals surface area contributed by atoms with Crippen LogP contribution in [0, 0.1) is 0 Å². The van der Waals surface area contributed by atoms with E-state index in [0.29, 0.717) is 10.9 Å². The molecule has 2 rings (SSSR count). The predicted molar refractivity (Wildman–Crippen MR) is 67.3 cm³/mol. The van der Waals surface area contributed by atoms with Crippen molar-refractivity contribution >= 4 is 36.6 Å². The third kappa shape index (κ3) is 2.34. The van der Waals surface area contributed by atoms with E-state index in [1.807, 2.05) is 0 Å². The van der Waals surface area contributed by atoms with Gasteiger partial charge in [0, 0.05) is 41.8 Å². The van der Waals surface area contributed by atoms with Gasteiger partial charge in [0.1, 0.15) is 10.6 Å². The molecule has 0 fully saturated rings. The zero-order valence-corrected chi connectivity index (χ0v) is 11.2. The van der Waals surface area contributed by atoms with E-state index in [4.69, 9.17) is 15.4 Å². The van der Waals surface area contributed by atoms with Crippen molar-refractivity contribution in [3.05, 3.63) is 24.4 Å². The van der Waals surface area contributed by atoms with E-state index in [1.165, 1.54) is 19.2 Å². The van der Waals surface area contributed by atoms with Crippen molar-refractivity contribution in [3.63, 3.8) is 0 Å². The van der Waals surface area contributed by atoms with Gasteiger partial charge in [-0.25, -0.2) is 8.42 Å². The Labute approximate surface area is 108 Å². The Bertz CT molecular complexity index is 733. The second kappa shape index (κ2) is 4.29. The van der Waals surface area contributed by atoms with E-state index in [1.54, 1.807) is 23.7 Å². The maximum absolute atomic E-state index is 11.4. The average Bonchev–Trinajstić information content (AvgIpc) is 2.54. The molecule has 2 aromatic rings. The number of halogens is 1. The van der Waals surface area contributed by atoms with Crippen LogP contribution < -0.4 is 4.74 Å². The maximum Gasteiger partial charge on any atom is 0.308 e. The van der Waals surface area contributed by atoms with Gasteiger partial charge >= 0.3 is 5.97 Å². The number of aryl methyl sites for hydroxylation is 1. The quantitative estimate of drug-likeness (QED) is 0.481. The molecule has 0 atom stereocenters. The van der Waals surface area contributed by atoms with Crippen molar-refractivity contribution < 1.29 is 17.9 Å². The number of aromatic nitrogens is 1. The van der Waals surface area contributed by atoms with Crippen LogP contribution >= 0.6 is 10.7 Å². The molecule has 0 N–H and O–H groups in total. The van der Waals surface area contributed by atoms with E-state index < -0.39 is 15.0 Å². The van der Waals surface area contributed by atoms with E-state index in [-0.39, 0.29) is 10.6 Å². The summed E-state index contributed by atoms with van der Waals surface area (Å²) >= 11 is 0. The van der Waals surface area contributed by atoms with Crippen LogP contribution in [0.4, 0.5) is 0 Å². The van der Waals surface area contributed by atoms with Gasteiger partial charge < -0.3 is 9.30 Å². The summed E-state index contributed by atoms with van der Waals surface area (Å²) in [6.07, 6.45) is 1.42. The highest BCUT2D eigenvalue weighted by Gasteiger charge is 2.18. The molecule has 1 heterocycles. The fourth-order valence-electron chi connectivity index (χ4n) is 1.76. The zero-order chi connectivity index (χ0) is 13.5. The Hall–Kier alpha value is -1.53. The largest absolute Gasteiger partial charge is 0.427 e. The number of carbonyl (C=O) groups is 1. The van der Waals surface area contributed by atoms with E-state index in [0.717, 1.165) is 0 Å². The van der Waals surface area contributed by atoms with Gasteiger partial charge in [-0.2, -0.15) is 0 Å². The van der Waals surface area contributed by atoms with Gasteiger partial charge in [-0.05, 0) is 18.2 Å². The average molecular weight is 288 g/mol. The lowest BCUT2D eigenvalue weighted by Crippen LogP contribution is -2.01. The summed E-state index contributed by atoms with van der Waals surface area (Å²) in [5, 5.41) is 0.422. The fourth-order valence-corrected chi connectivity index (χ4v) is 2.84. The van der Waals surface area contributed by atoms with Crippen molar-refractivity contribution in [3.8, 4) is 5.75 Å². The summed E-state index contributed by atoms with van der Waals surface area (Å²) in [6, 6.07) is 4.74. The third-order valence-corrected chi connectivity index (χ3v) is 3.80. The van der Waals surface area contributed by atoms with Crippen molar-refractivity contribution in [1.29, 1.82) is 0 Å². The van der Waals surface area contributed by atoms with Crippen molar-refractivity contribution in [2.45, 2.75) is 11.8 Å². The SMILES string of the molecule is CC(=O)Oc1ccc2c(c1)c(S(=O)(=O)Cl)cn2C. The van der Waals surface area contributed by atoms with Gasteiger partial charge in [0.25, 0.3) is 9.05 Å². The van der Waals surface area contributed by atoms with E-state index in [2.05, 4.69) is 0 Å². The maximum atomic E-state index is 11.4. The highest BCUT2D eigenvalue weighted by molar-refractivity contribution is 8.14. The van der Waals surface area contributed by atoms with Crippen LogP contribution in [-0.2, 0) is 20.9 Å². The number of nitrogens with zero attached hydrogens (tertiary/aromatic N) is 1. The number of ether oxygens (including phenoxy) is 1. The molecular weight excluding hydrogens is 278 g/mol. The Balaban J connectivity index is 2.70. The number of benzene rings is 1. The topological polar surface area (TPSA) is 65.4 Å². The molecule has 1 aromatic carbocycles. The zero-order valence-electron chi connectivity index (χ0n) is 9.68. The summed E-state index contributed by atoms with van der Waals surface area (Å²) in [4.78, 5) is 10.9. The van der Waals surface area contributed by atoms with Crippen LogP contribution in [-0.4, -0.2) is 19.0 Å².